The lowest BCUT2D eigenvalue weighted by Crippen LogP contribution is -2.50. The van der Waals surface area contributed by atoms with Gasteiger partial charge in [-0.1, -0.05) is 6.92 Å². The Labute approximate surface area is 84.8 Å². The maximum atomic E-state index is 11.1. The van der Waals surface area contributed by atoms with Gasteiger partial charge in [0.2, 0.25) is 0 Å². The fourth-order valence-electron chi connectivity index (χ4n) is 2.13. The van der Waals surface area contributed by atoms with Crippen molar-refractivity contribution in [1.82, 2.24) is 4.90 Å². The van der Waals surface area contributed by atoms with E-state index in [0.29, 0.717) is 6.61 Å². The van der Waals surface area contributed by atoms with E-state index in [-0.39, 0.29) is 12.0 Å². The average Bonchev–Trinajstić information content (AvgIpc) is 2.14. The second-order valence-corrected chi connectivity index (χ2v) is 3.93. The Balaban J connectivity index is 2.55. The van der Waals surface area contributed by atoms with Gasteiger partial charge in [-0.05, 0) is 25.3 Å². The van der Waals surface area contributed by atoms with E-state index in [9.17, 15) is 4.79 Å². The molecule has 1 fully saturated rings. The molecule has 0 aliphatic carbocycles. The summed E-state index contributed by atoms with van der Waals surface area (Å²) >= 11 is 0. The first-order chi connectivity index (χ1) is 6.66. The molecule has 1 saturated heterocycles. The van der Waals surface area contributed by atoms with Crippen LogP contribution in [0, 0.1) is 5.92 Å². The number of likely N-dealkylation sites (tertiary alicyclic amines) is 1. The van der Waals surface area contributed by atoms with Gasteiger partial charge in [0.25, 0.3) is 0 Å². The highest BCUT2D eigenvalue weighted by Gasteiger charge is 2.33. The molecule has 82 valence electrons. The second-order valence-electron chi connectivity index (χ2n) is 3.93. The summed E-state index contributed by atoms with van der Waals surface area (Å²) in [6.07, 6.45) is 2.11. The van der Waals surface area contributed by atoms with Crippen LogP contribution in [0.15, 0.2) is 0 Å². The van der Waals surface area contributed by atoms with Gasteiger partial charge in [-0.15, -0.1) is 0 Å². The number of nitrogens with zero attached hydrogens (tertiary/aromatic N) is 1. The number of carboxylic acid groups (broad SMARTS) is 1. The highest BCUT2D eigenvalue weighted by molar-refractivity contribution is 5.74. The van der Waals surface area contributed by atoms with E-state index in [1.165, 1.54) is 0 Å². The molecule has 1 N–H and O–H groups in total. The van der Waals surface area contributed by atoms with E-state index in [4.69, 9.17) is 9.84 Å². The van der Waals surface area contributed by atoms with Gasteiger partial charge >= 0.3 is 5.97 Å². The molecule has 0 spiro atoms. The average molecular weight is 201 g/mol. The van der Waals surface area contributed by atoms with Crippen LogP contribution in [0.5, 0.6) is 0 Å². The van der Waals surface area contributed by atoms with Crippen LogP contribution in [0.2, 0.25) is 0 Å². The van der Waals surface area contributed by atoms with Crippen LogP contribution in [0.25, 0.3) is 0 Å². The van der Waals surface area contributed by atoms with Crippen LogP contribution in [-0.4, -0.2) is 48.8 Å². The van der Waals surface area contributed by atoms with Crippen molar-refractivity contribution < 1.29 is 14.6 Å². The van der Waals surface area contributed by atoms with Gasteiger partial charge in [0.05, 0.1) is 6.61 Å². The number of hydrogen-bond donors (Lipinski definition) is 1. The van der Waals surface area contributed by atoms with Gasteiger partial charge in [0, 0.05) is 13.7 Å². The summed E-state index contributed by atoms with van der Waals surface area (Å²) in [5.41, 5.74) is 0. The minimum absolute atomic E-state index is 0.248. The number of ether oxygens (including phenoxy) is 1. The number of carboxylic acids is 1. The van der Waals surface area contributed by atoms with Crippen molar-refractivity contribution in [2.24, 2.45) is 5.92 Å². The number of hydrogen-bond acceptors (Lipinski definition) is 3. The Hall–Kier alpha value is -0.610. The van der Waals surface area contributed by atoms with Crippen molar-refractivity contribution >= 4 is 5.97 Å². The normalized spacial score (nSPS) is 29.0. The van der Waals surface area contributed by atoms with Crippen molar-refractivity contribution in [1.29, 1.82) is 0 Å². The first-order valence-corrected chi connectivity index (χ1v) is 5.12. The molecule has 1 rings (SSSR count). The van der Waals surface area contributed by atoms with Crippen LogP contribution < -0.4 is 0 Å². The lowest BCUT2D eigenvalue weighted by atomic mass is 9.91. The third kappa shape index (κ3) is 2.69. The van der Waals surface area contributed by atoms with Gasteiger partial charge in [-0.2, -0.15) is 0 Å². The SMILES string of the molecule is COCCN1CCCC(C)C1C(=O)O. The Kier molecular flexibility index (Phi) is 4.35. The molecule has 1 aliphatic heterocycles. The summed E-state index contributed by atoms with van der Waals surface area (Å²) in [5.74, 6) is -0.452. The van der Waals surface area contributed by atoms with Crippen LogP contribution in [-0.2, 0) is 9.53 Å². The molecule has 4 nitrogen and oxygen atoms in total. The Morgan fingerprint density at radius 1 is 1.64 bits per heavy atom. The summed E-state index contributed by atoms with van der Waals surface area (Å²) in [6, 6.07) is -0.320. The van der Waals surface area contributed by atoms with Crippen molar-refractivity contribution in [3.63, 3.8) is 0 Å². The lowest BCUT2D eigenvalue weighted by molar-refractivity contribution is -0.147. The standard InChI is InChI=1S/C10H19NO3/c1-8-4-3-5-11(6-7-14-2)9(8)10(12)13/h8-9H,3-7H2,1-2H3,(H,12,13). The highest BCUT2D eigenvalue weighted by Crippen LogP contribution is 2.22. The van der Waals surface area contributed by atoms with Crippen LogP contribution in [0.3, 0.4) is 0 Å². The van der Waals surface area contributed by atoms with E-state index >= 15 is 0 Å². The molecule has 0 aromatic rings. The van der Waals surface area contributed by atoms with Crippen LogP contribution >= 0.6 is 0 Å². The second kappa shape index (κ2) is 5.32. The number of aliphatic carboxylic acids is 1. The fraction of sp³-hybridized carbons (Fsp3) is 0.900. The number of carbonyl (C=O) groups is 1. The zero-order chi connectivity index (χ0) is 10.6. The molecule has 0 bridgehead atoms. The van der Waals surface area contributed by atoms with Gasteiger partial charge in [0.1, 0.15) is 6.04 Å². The van der Waals surface area contributed by atoms with Gasteiger partial charge in [-0.3, -0.25) is 9.69 Å². The molecule has 0 aromatic heterocycles. The minimum Gasteiger partial charge on any atom is -0.480 e. The molecular weight excluding hydrogens is 182 g/mol. The molecule has 4 heteroatoms. The third-order valence-electron chi connectivity index (χ3n) is 2.87. The minimum atomic E-state index is -0.701. The molecule has 0 saturated carbocycles. The summed E-state index contributed by atoms with van der Waals surface area (Å²) in [4.78, 5) is 13.1. The first kappa shape index (κ1) is 11.5. The smallest absolute Gasteiger partial charge is 0.321 e. The largest absolute Gasteiger partial charge is 0.480 e. The quantitative estimate of drug-likeness (QED) is 0.731. The van der Waals surface area contributed by atoms with E-state index in [1.54, 1.807) is 7.11 Å². The van der Waals surface area contributed by atoms with E-state index in [1.807, 2.05) is 11.8 Å². The summed E-state index contributed by atoms with van der Waals surface area (Å²) in [7, 11) is 1.64. The molecule has 2 unspecified atom stereocenters. The van der Waals surface area contributed by atoms with Gasteiger partial charge in [0.15, 0.2) is 0 Å². The molecule has 0 amide bonds. The first-order valence-electron chi connectivity index (χ1n) is 5.12. The molecule has 2 atom stereocenters. The summed E-state index contributed by atoms with van der Waals surface area (Å²) in [6.45, 7) is 4.22. The van der Waals surface area contributed by atoms with Crippen LogP contribution in [0.1, 0.15) is 19.8 Å². The lowest BCUT2D eigenvalue weighted by Gasteiger charge is -2.36. The van der Waals surface area contributed by atoms with Gasteiger partial charge in [-0.25, -0.2) is 0 Å². The zero-order valence-corrected chi connectivity index (χ0v) is 8.90. The number of methoxy groups -OCH3 is 1. The Bertz CT molecular complexity index is 196. The Morgan fingerprint density at radius 2 is 2.36 bits per heavy atom. The van der Waals surface area contributed by atoms with E-state index in [2.05, 4.69) is 0 Å². The molecule has 0 aromatic carbocycles. The highest BCUT2D eigenvalue weighted by atomic mass is 16.5. The Morgan fingerprint density at radius 3 is 2.93 bits per heavy atom. The third-order valence-corrected chi connectivity index (χ3v) is 2.87. The van der Waals surface area contributed by atoms with Gasteiger partial charge < -0.3 is 9.84 Å². The van der Waals surface area contributed by atoms with Crippen molar-refractivity contribution in [3.8, 4) is 0 Å². The predicted molar refractivity (Wildman–Crippen MR) is 53.3 cm³/mol. The predicted octanol–water partition coefficient (Wildman–Crippen LogP) is 0.818. The topological polar surface area (TPSA) is 49.8 Å². The van der Waals surface area contributed by atoms with E-state index < -0.39 is 5.97 Å². The maximum absolute atomic E-state index is 11.1. The van der Waals surface area contributed by atoms with E-state index in [0.717, 1.165) is 25.9 Å². The zero-order valence-electron chi connectivity index (χ0n) is 8.90. The summed E-state index contributed by atoms with van der Waals surface area (Å²) in [5, 5.41) is 9.10. The molecule has 1 heterocycles. The van der Waals surface area contributed by atoms with Crippen molar-refractivity contribution in [3.05, 3.63) is 0 Å². The van der Waals surface area contributed by atoms with Crippen molar-refractivity contribution in [2.75, 3.05) is 26.8 Å². The molecule has 1 aliphatic rings. The van der Waals surface area contributed by atoms with Crippen LogP contribution in [0.4, 0.5) is 0 Å². The maximum Gasteiger partial charge on any atom is 0.321 e. The number of piperidine rings is 1. The summed E-state index contributed by atoms with van der Waals surface area (Å²) < 4.78 is 4.97. The fourth-order valence-corrected chi connectivity index (χ4v) is 2.13. The molecule has 14 heavy (non-hydrogen) atoms. The number of rotatable bonds is 4. The molecule has 0 radical (unpaired) electrons. The molecular formula is C10H19NO3. The van der Waals surface area contributed by atoms with Crippen molar-refractivity contribution in [2.45, 2.75) is 25.8 Å². The monoisotopic (exact) mass is 201 g/mol.